The molecule has 4 atom stereocenters. The highest BCUT2D eigenvalue weighted by Crippen LogP contribution is 2.58. The molecule has 9 nitrogen and oxygen atoms in total. The summed E-state index contributed by atoms with van der Waals surface area (Å²) in [5.41, 5.74) is 0.0278. The van der Waals surface area contributed by atoms with Crippen LogP contribution in [0.1, 0.15) is 23.5 Å². The van der Waals surface area contributed by atoms with Crippen molar-refractivity contribution in [1.29, 1.82) is 0 Å². The fraction of sp³-hybridized carbons (Fsp3) is 0.333. The van der Waals surface area contributed by atoms with E-state index in [1.54, 1.807) is 43.3 Å². The zero-order chi connectivity index (χ0) is 20.6. The molecule has 2 aliphatic rings. The van der Waals surface area contributed by atoms with E-state index in [1.807, 2.05) is 0 Å². The molecule has 29 heavy (non-hydrogen) atoms. The minimum atomic E-state index is -3.90. The molecule has 0 bridgehead atoms. The van der Waals surface area contributed by atoms with Crippen LogP contribution in [0.5, 0.6) is 5.75 Å². The van der Waals surface area contributed by atoms with E-state index >= 15 is 0 Å². The second kappa shape index (κ2) is 7.93. The molecule has 0 spiro atoms. The van der Waals surface area contributed by atoms with E-state index in [2.05, 4.69) is 4.98 Å². The SMILES string of the molecule is Cc1cn([C@H]2C=C[C@@H](COP3(=O)Oc4ccccc4C(CCl)O3)O2)c(=O)[nH]c1=O. The van der Waals surface area contributed by atoms with Gasteiger partial charge in [-0.05, 0) is 19.1 Å². The average molecular weight is 441 g/mol. The van der Waals surface area contributed by atoms with Gasteiger partial charge in [-0.15, -0.1) is 11.6 Å². The summed E-state index contributed by atoms with van der Waals surface area (Å²) in [6.45, 7) is 1.46. The van der Waals surface area contributed by atoms with Crippen molar-refractivity contribution in [3.05, 3.63) is 74.6 Å². The number of benzene rings is 1. The van der Waals surface area contributed by atoms with Gasteiger partial charge in [0.2, 0.25) is 0 Å². The smallest absolute Gasteiger partial charge is 0.404 e. The summed E-state index contributed by atoms with van der Waals surface area (Å²) in [7, 11) is -3.90. The Labute approximate surface area is 170 Å². The van der Waals surface area contributed by atoms with Gasteiger partial charge in [-0.3, -0.25) is 23.4 Å². The number of hydrogen-bond acceptors (Lipinski definition) is 7. The van der Waals surface area contributed by atoms with Gasteiger partial charge in [-0.25, -0.2) is 9.36 Å². The third-order valence-corrected chi connectivity index (χ3v) is 6.17. The van der Waals surface area contributed by atoms with E-state index in [9.17, 15) is 14.2 Å². The molecule has 0 radical (unpaired) electrons. The first-order chi connectivity index (χ1) is 13.9. The molecule has 1 aromatic carbocycles. The van der Waals surface area contributed by atoms with Crippen LogP contribution in [0.3, 0.4) is 0 Å². The van der Waals surface area contributed by atoms with Gasteiger partial charge in [0.05, 0.1) is 12.5 Å². The van der Waals surface area contributed by atoms with Crippen LogP contribution in [0.25, 0.3) is 0 Å². The molecule has 1 aromatic heterocycles. The van der Waals surface area contributed by atoms with Crippen LogP contribution in [-0.2, 0) is 18.3 Å². The van der Waals surface area contributed by atoms with E-state index in [-0.39, 0.29) is 12.5 Å². The van der Waals surface area contributed by atoms with Gasteiger partial charge >= 0.3 is 13.5 Å². The normalized spacial score (nSPS) is 28.1. The molecule has 0 fully saturated rings. The van der Waals surface area contributed by atoms with Crippen LogP contribution in [0.15, 0.2) is 52.2 Å². The van der Waals surface area contributed by atoms with Crippen LogP contribution in [0, 0.1) is 6.92 Å². The Morgan fingerprint density at radius 3 is 2.86 bits per heavy atom. The van der Waals surface area contributed by atoms with E-state index in [1.165, 1.54) is 10.8 Å². The highest BCUT2D eigenvalue weighted by Gasteiger charge is 2.40. The van der Waals surface area contributed by atoms with E-state index in [0.29, 0.717) is 16.9 Å². The first-order valence-corrected chi connectivity index (χ1v) is 10.8. The Morgan fingerprint density at radius 2 is 2.07 bits per heavy atom. The van der Waals surface area contributed by atoms with Crippen molar-refractivity contribution in [1.82, 2.24) is 9.55 Å². The predicted octanol–water partition coefficient (Wildman–Crippen LogP) is 2.81. The first kappa shape index (κ1) is 20.1. The van der Waals surface area contributed by atoms with Gasteiger partial charge in [0.1, 0.15) is 18.0 Å². The minimum Gasteiger partial charge on any atom is -0.404 e. The molecule has 11 heteroatoms. The lowest BCUT2D eigenvalue weighted by atomic mass is 10.1. The zero-order valence-corrected chi connectivity index (χ0v) is 17.0. The maximum atomic E-state index is 12.9. The van der Waals surface area contributed by atoms with Crippen LogP contribution in [0.4, 0.5) is 0 Å². The number of hydrogen-bond donors (Lipinski definition) is 1. The molecule has 2 unspecified atom stereocenters. The highest BCUT2D eigenvalue weighted by molar-refractivity contribution is 7.49. The van der Waals surface area contributed by atoms with Crippen molar-refractivity contribution < 1.29 is 22.9 Å². The number of alkyl halides is 1. The maximum Gasteiger partial charge on any atom is 0.530 e. The number of halogens is 1. The lowest BCUT2D eigenvalue weighted by molar-refractivity contribution is -0.0148. The molecular formula is C18H18ClN2O7P. The Hall–Kier alpha value is -2.16. The molecule has 0 aliphatic carbocycles. The summed E-state index contributed by atoms with van der Waals surface area (Å²) in [6.07, 6.45) is 2.78. The van der Waals surface area contributed by atoms with Crippen LogP contribution < -0.4 is 15.8 Å². The Balaban J connectivity index is 1.43. The van der Waals surface area contributed by atoms with Crippen molar-refractivity contribution in [2.45, 2.75) is 25.4 Å². The lowest BCUT2D eigenvalue weighted by Crippen LogP contribution is -2.33. The topological polar surface area (TPSA) is 109 Å². The fourth-order valence-electron chi connectivity index (χ4n) is 3.03. The number of aromatic nitrogens is 2. The van der Waals surface area contributed by atoms with Crippen LogP contribution in [0.2, 0.25) is 0 Å². The zero-order valence-electron chi connectivity index (χ0n) is 15.3. The highest BCUT2D eigenvalue weighted by atomic mass is 35.5. The van der Waals surface area contributed by atoms with Crippen LogP contribution in [-0.4, -0.2) is 28.1 Å². The molecule has 4 rings (SSSR count). The second-order valence-electron chi connectivity index (χ2n) is 6.55. The molecule has 0 saturated heterocycles. The standard InChI is InChI=1S/C18H18ClN2O7P/c1-11-9-21(18(23)20-17(11)22)16-7-6-12(26-16)10-25-29(24)27-14-5-3-2-4-13(14)15(8-19)28-29/h2-7,9,12,15-16H,8,10H2,1H3,(H,20,22,23)/t12-,15?,16+,29?/m0/s1. The molecule has 0 saturated carbocycles. The summed E-state index contributed by atoms with van der Waals surface area (Å²) in [5.74, 6) is 0.480. The minimum absolute atomic E-state index is 0.0874. The van der Waals surface area contributed by atoms with Crippen molar-refractivity contribution in [2.75, 3.05) is 12.5 Å². The quantitative estimate of drug-likeness (QED) is 0.432. The van der Waals surface area contributed by atoms with Gasteiger partial charge in [0.15, 0.2) is 6.23 Å². The molecule has 2 aliphatic heterocycles. The van der Waals surface area contributed by atoms with Crippen molar-refractivity contribution in [3.8, 4) is 5.75 Å². The molecule has 1 N–H and O–H groups in total. The number of para-hydroxylation sites is 1. The number of fused-ring (bicyclic) bond motifs is 1. The van der Waals surface area contributed by atoms with Gasteiger partial charge in [-0.1, -0.05) is 24.3 Å². The average Bonchev–Trinajstić information content (AvgIpc) is 3.17. The largest absolute Gasteiger partial charge is 0.530 e. The number of aromatic amines is 1. The lowest BCUT2D eigenvalue weighted by Gasteiger charge is -2.30. The monoisotopic (exact) mass is 440 g/mol. The number of H-pyrrole nitrogens is 1. The van der Waals surface area contributed by atoms with Crippen molar-refractivity contribution >= 4 is 19.4 Å². The first-order valence-electron chi connectivity index (χ1n) is 8.82. The van der Waals surface area contributed by atoms with Crippen molar-refractivity contribution in [2.24, 2.45) is 0 Å². The maximum absolute atomic E-state index is 12.9. The van der Waals surface area contributed by atoms with Gasteiger partial charge < -0.3 is 9.26 Å². The number of rotatable bonds is 5. The number of aryl methyl sites for hydroxylation is 1. The van der Waals surface area contributed by atoms with Gasteiger partial charge in [0, 0.05) is 17.3 Å². The molecule has 3 heterocycles. The summed E-state index contributed by atoms with van der Waals surface area (Å²) in [6, 6.07) is 7.00. The molecule has 0 amide bonds. The molecule has 154 valence electrons. The summed E-state index contributed by atoms with van der Waals surface area (Å²) >= 11 is 5.94. The van der Waals surface area contributed by atoms with Crippen molar-refractivity contribution in [3.63, 3.8) is 0 Å². The molecular weight excluding hydrogens is 423 g/mol. The summed E-state index contributed by atoms with van der Waals surface area (Å²) < 4.78 is 36.2. The number of phosphoric acid groups is 1. The van der Waals surface area contributed by atoms with E-state index in [4.69, 9.17) is 29.9 Å². The fourth-order valence-corrected chi connectivity index (χ4v) is 4.74. The number of nitrogens with one attached hydrogen (secondary N) is 1. The Bertz CT molecular complexity index is 1110. The molecule has 2 aromatic rings. The van der Waals surface area contributed by atoms with E-state index in [0.717, 1.165) is 0 Å². The predicted molar refractivity (Wildman–Crippen MR) is 104 cm³/mol. The number of nitrogens with zero attached hydrogens (tertiary/aromatic N) is 1. The Kier molecular flexibility index (Phi) is 5.50. The second-order valence-corrected chi connectivity index (χ2v) is 8.40. The summed E-state index contributed by atoms with van der Waals surface area (Å²) in [4.78, 5) is 25.7. The number of phosphoric ester groups is 1. The number of ether oxygens (including phenoxy) is 1. The van der Waals surface area contributed by atoms with Crippen LogP contribution >= 0.6 is 19.4 Å². The van der Waals surface area contributed by atoms with Gasteiger partial charge in [-0.2, -0.15) is 0 Å². The summed E-state index contributed by atoms with van der Waals surface area (Å²) in [5, 5.41) is 0. The third-order valence-electron chi connectivity index (χ3n) is 4.49. The van der Waals surface area contributed by atoms with Gasteiger partial charge in [0.25, 0.3) is 5.56 Å². The Morgan fingerprint density at radius 1 is 1.28 bits per heavy atom. The third kappa shape index (κ3) is 4.10. The van der Waals surface area contributed by atoms with E-state index < -0.39 is 37.5 Å².